The zero-order valence-corrected chi connectivity index (χ0v) is 16.3. The van der Waals surface area contributed by atoms with Crippen molar-refractivity contribution in [3.63, 3.8) is 0 Å². The van der Waals surface area contributed by atoms with E-state index >= 15 is 0 Å². The largest absolute Gasteiger partial charge is 0.494 e. The standard InChI is InChI=1S/C18H36N4O2/c1-12(11-17(2,3)19)13-14(18(4,5)20)16(24)22(15(13)23)10-8-9-21(6)7/h12,23-24H,8-11,19-20H2,1-7H3. The number of nitrogens with two attached hydrogens (primary N) is 2. The minimum atomic E-state index is -0.753. The van der Waals surface area contributed by atoms with E-state index in [1.54, 1.807) is 4.57 Å². The maximum absolute atomic E-state index is 10.8. The molecule has 1 heterocycles. The second-order valence-electron chi connectivity index (χ2n) is 8.56. The zero-order valence-electron chi connectivity index (χ0n) is 16.3. The predicted octanol–water partition coefficient (Wildman–Crippen LogP) is 2.28. The smallest absolute Gasteiger partial charge is 0.199 e. The lowest BCUT2D eigenvalue weighted by molar-refractivity contribution is 0.335. The van der Waals surface area contributed by atoms with Crippen molar-refractivity contribution >= 4 is 0 Å². The third-order valence-electron chi connectivity index (χ3n) is 4.20. The van der Waals surface area contributed by atoms with Crippen molar-refractivity contribution in [3.8, 4) is 11.8 Å². The molecule has 0 aromatic carbocycles. The third kappa shape index (κ3) is 5.13. The van der Waals surface area contributed by atoms with Gasteiger partial charge in [0, 0.05) is 28.7 Å². The van der Waals surface area contributed by atoms with Crippen LogP contribution in [-0.4, -0.2) is 45.9 Å². The highest BCUT2D eigenvalue weighted by Gasteiger charge is 2.34. The second kappa shape index (κ2) is 7.33. The molecule has 6 N–H and O–H groups in total. The van der Waals surface area contributed by atoms with E-state index in [1.807, 2.05) is 48.7 Å². The fraction of sp³-hybridized carbons (Fsp3) is 0.778. The van der Waals surface area contributed by atoms with Crippen LogP contribution in [0.1, 0.15) is 64.5 Å². The van der Waals surface area contributed by atoms with Crippen LogP contribution in [0, 0.1) is 0 Å². The molecule has 1 aromatic heterocycles. The highest BCUT2D eigenvalue weighted by Crippen LogP contribution is 2.45. The summed E-state index contributed by atoms with van der Waals surface area (Å²) in [5, 5.41) is 21.5. The highest BCUT2D eigenvalue weighted by molar-refractivity contribution is 5.51. The van der Waals surface area contributed by atoms with Crippen LogP contribution in [0.3, 0.4) is 0 Å². The van der Waals surface area contributed by atoms with Gasteiger partial charge in [-0.05, 0) is 67.1 Å². The van der Waals surface area contributed by atoms with Crippen molar-refractivity contribution in [2.45, 2.75) is 71.0 Å². The van der Waals surface area contributed by atoms with E-state index in [2.05, 4.69) is 4.90 Å². The Hall–Kier alpha value is -1.24. The molecule has 0 aliphatic carbocycles. The molecule has 1 atom stereocenters. The van der Waals surface area contributed by atoms with Gasteiger partial charge in [0.05, 0.1) is 0 Å². The normalized spacial score (nSPS) is 14.4. The summed E-state index contributed by atoms with van der Waals surface area (Å²) >= 11 is 0. The Morgan fingerprint density at radius 1 is 1.08 bits per heavy atom. The molecule has 1 rings (SSSR count). The summed E-state index contributed by atoms with van der Waals surface area (Å²) in [7, 11) is 4.00. The van der Waals surface area contributed by atoms with Crippen molar-refractivity contribution in [1.82, 2.24) is 9.47 Å². The Labute approximate surface area is 146 Å². The van der Waals surface area contributed by atoms with Gasteiger partial charge >= 0.3 is 0 Å². The molecule has 0 radical (unpaired) electrons. The lowest BCUT2D eigenvalue weighted by Crippen LogP contribution is -2.34. The number of aromatic nitrogens is 1. The molecule has 0 saturated heterocycles. The Morgan fingerprint density at radius 2 is 1.62 bits per heavy atom. The summed E-state index contributed by atoms with van der Waals surface area (Å²) in [6.45, 7) is 11.0. The number of rotatable bonds is 8. The lowest BCUT2D eigenvalue weighted by atomic mass is 9.83. The molecule has 140 valence electrons. The highest BCUT2D eigenvalue weighted by atomic mass is 16.3. The quantitative estimate of drug-likeness (QED) is 0.582. The van der Waals surface area contributed by atoms with Gasteiger partial charge in [-0.15, -0.1) is 0 Å². The fourth-order valence-electron chi connectivity index (χ4n) is 3.36. The average Bonchev–Trinajstić information content (AvgIpc) is 2.60. The van der Waals surface area contributed by atoms with E-state index in [0.29, 0.717) is 24.1 Å². The molecular formula is C18H36N4O2. The Kier molecular flexibility index (Phi) is 6.36. The summed E-state index contributed by atoms with van der Waals surface area (Å²) < 4.78 is 1.57. The van der Waals surface area contributed by atoms with E-state index in [1.165, 1.54) is 0 Å². The average molecular weight is 341 g/mol. The van der Waals surface area contributed by atoms with Crippen molar-refractivity contribution in [1.29, 1.82) is 0 Å². The Bertz CT molecular complexity index is 551. The topological polar surface area (TPSA) is 101 Å². The molecular weight excluding hydrogens is 304 g/mol. The molecule has 0 bridgehead atoms. The first-order valence-electron chi connectivity index (χ1n) is 8.63. The molecule has 24 heavy (non-hydrogen) atoms. The molecule has 0 saturated carbocycles. The summed E-state index contributed by atoms with van der Waals surface area (Å²) in [6, 6.07) is 0. The van der Waals surface area contributed by atoms with Gasteiger partial charge in [-0.25, -0.2) is 0 Å². The first-order valence-corrected chi connectivity index (χ1v) is 8.63. The number of hydrogen-bond donors (Lipinski definition) is 4. The van der Waals surface area contributed by atoms with Gasteiger partial charge in [0.15, 0.2) is 11.8 Å². The molecule has 1 unspecified atom stereocenters. The van der Waals surface area contributed by atoms with Gasteiger partial charge in [-0.3, -0.25) is 4.57 Å². The van der Waals surface area contributed by atoms with Gasteiger partial charge in [0.1, 0.15) is 0 Å². The van der Waals surface area contributed by atoms with Crippen LogP contribution >= 0.6 is 0 Å². The van der Waals surface area contributed by atoms with E-state index in [0.717, 1.165) is 13.0 Å². The Morgan fingerprint density at radius 3 is 2.04 bits per heavy atom. The van der Waals surface area contributed by atoms with Gasteiger partial charge < -0.3 is 26.6 Å². The fourth-order valence-corrected chi connectivity index (χ4v) is 3.36. The minimum Gasteiger partial charge on any atom is -0.494 e. The summed E-state index contributed by atoms with van der Waals surface area (Å²) in [6.07, 6.45) is 1.51. The minimum absolute atomic E-state index is 0.0103. The van der Waals surface area contributed by atoms with E-state index in [9.17, 15) is 10.2 Å². The Balaban J connectivity index is 3.30. The van der Waals surface area contributed by atoms with Crippen LogP contribution in [0.5, 0.6) is 11.8 Å². The molecule has 6 nitrogen and oxygen atoms in total. The summed E-state index contributed by atoms with van der Waals surface area (Å²) in [4.78, 5) is 2.08. The molecule has 0 spiro atoms. The molecule has 0 aliphatic rings. The summed E-state index contributed by atoms with van der Waals surface area (Å²) in [5.41, 5.74) is 12.6. The third-order valence-corrected chi connectivity index (χ3v) is 4.20. The molecule has 0 aliphatic heterocycles. The van der Waals surface area contributed by atoms with Crippen LogP contribution < -0.4 is 11.5 Å². The van der Waals surface area contributed by atoms with Crippen molar-refractivity contribution in [3.05, 3.63) is 11.1 Å². The van der Waals surface area contributed by atoms with Crippen LogP contribution in [0.25, 0.3) is 0 Å². The monoisotopic (exact) mass is 340 g/mol. The van der Waals surface area contributed by atoms with Crippen molar-refractivity contribution in [2.24, 2.45) is 11.5 Å². The van der Waals surface area contributed by atoms with Gasteiger partial charge in [-0.2, -0.15) is 0 Å². The van der Waals surface area contributed by atoms with Crippen LogP contribution in [0.2, 0.25) is 0 Å². The van der Waals surface area contributed by atoms with Crippen LogP contribution in [0.4, 0.5) is 0 Å². The molecule has 0 amide bonds. The number of aromatic hydroxyl groups is 2. The van der Waals surface area contributed by atoms with Gasteiger partial charge in [-0.1, -0.05) is 6.92 Å². The SMILES string of the molecule is CC(CC(C)(C)N)c1c(C(C)(C)N)c(O)n(CCCN(C)C)c1O. The number of hydrogen-bond acceptors (Lipinski definition) is 5. The van der Waals surface area contributed by atoms with E-state index in [-0.39, 0.29) is 23.2 Å². The maximum Gasteiger partial charge on any atom is 0.199 e. The molecule has 0 fully saturated rings. The van der Waals surface area contributed by atoms with Crippen molar-refractivity contribution < 1.29 is 10.2 Å². The zero-order chi connectivity index (χ0) is 18.9. The number of nitrogens with zero attached hydrogens (tertiary/aromatic N) is 2. The predicted molar refractivity (Wildman–Crippen MR) is 99.4 cm³/mol. The first-order chi connectivity index (χ1) is 10.8. The lowest BCUT2D eigenvalue weighted by Gasteiger charge is -2.27. The van der Waals surface area contributed by atoms with Crippen LogP contribution in [0.15, 0.2) is 0 Å². The van der Waals surface area contributed by atoms with Crippen molar-refractivity contribution in [2.75, 3.05) is 20.6 Å². The van der Waals surface area contributed by atoms with Gasteiger partial charge in [0.2, 0.25) is 0 Å². The van der Waals surface area contributed by atoms with E-state index < -0.39 is 5.54 Å². The molecule has 1 aromatic rings. The van der Waals surface area contributed by atoms with Crippen LogP contribution in [-0.2, 0) is 12.1 Å². The van der Waals surface area contributed by atoms with E-state index in [4.69, 9.17) is 11.5 Å². The molecule has 6 heteroatoms. The van der Waals surface area contributed by atoms with Gasteiger partial charge in [0.25, 0.3) is 0 Å². The summed E-state index contributed by atoms with van der Waals surface area (Å²) in [5.74, 6) is 0.163. The maximum atomic E-state index is 10.8. The second-order valence-corrected chi connectivity index (χ2v) is 8.56. The first kappa shape index (κ1) is 20.8.